The first-order chi connectivity index (χ1) is 9.24. The van der Waals surface area contributed by atoms with Crippen LogP contribution in [-0.2, 0) is 4.79 Å². The van der Waals surface area contributed by atoms with E-state index >= 15 is 0 Å². The van der Waals surface area contributed by atoms with Gasteiger partial charge in [0.1, 0.15) is 0 Å². The number of rotatable bonds is 5. The van der Waals surface area contributed by atoms with E-state index in [1.54, 1.807) is 0 Å². The Hall–Kier alpha value is -0.610. The predicted octanol–water partition coefficient (Wildman–Crippen LogP) is 1.37. The Morgan fingerprint density at radius 1 is 1.21 bits per heavy atom. The van der Waals surface area contributed by atoms with Crippen LogP contribution in [0.1, 0.15) is 44.9 Å². The fraction of sp³-hybridized carbons (Fsp3) is 0.933. The molecule has 1 heterocycles. The van der Waals surface area contributed by atoms with Gasteiger partial charge in [-0.3, -0.25) is 9.69 Å². The summed E-state index contributed by atoms with van der Waals surface area (Å²) >= 11 is 0. The first kappa shape index (κ1) is 14.8. The molecule has 1 aliphatic carbocycles. The number of carbonyl (C=O) groups is 1. The Balaban J connectivity index is 1.63. The molecule has 1 unspecified atom stereocenters. The molecule has 0 bridgehead atoms. The lowest BCUT2D eigenvalue weighted by atomic mass is 9.95. The fourth-order valence-corrected chi connectivity index (χ4v) is 3.35. The molecule has 0 spiro atoms. The van der Waals surface area contributed by atoms with Crippen molar-refractivity contribution in [2.75, 3.05) is 33.2 Å². The van der Waals surface area contributed by atoms with Crippen LogP contribution >= 0.6 is 0 Å². The van der Waals surface area contributed by atoms with Gasteiger partial charge < -0.3 is 10.6 Å². The molecule has 4 heteroatoms. The number of amides is 1. The predicted molar refractivity (Wildman–Crippen MR) is 78.1 cm³/mol. The van der Waals surface area contributed by atoms with Gasteiger partial charge in [-0.25, -0.2) is 0 Å². The van der Waals surface area contributed by atoms with Crippen molar-refractivity contribution in [1.29, 1.82) is 0 Å². The average molecular weight is 267 g/mol. The van der Waals surface area contributed by atoms with Crippen LogP contribution in [-0.4, -0.2) is 50.1 Å². The minimum Gasteiger partial charge on any atom is -0.352 e. The van der Waals surface area contributed by atoms with E-state index in [2.05, 4.69) is 22.6 Å². The summed E-state index contributed by atoms with van der Waals surface area (Å²) in [4.78, 5) is 14.2. The van der Waals surface area contributed by atoms with E-state index in [-0.39, 0.29) is 5.91 Å². The van der Waals surface area contributed by atoms with Gasteiger partial charge in [-0.15, -0.1) is 0 Å². The summed E-state index contributed by atoms with van der Waals surface area (Å²) in [7, 11) is 2.06. The highest BCUT2D eigenvalue weighted by molar-refractivity contribution is 5.78. The van der Waals surface area contributed by atoms with Crippen molar-refractivity contribution in [2.45, 2.75) is 51.0 Å². The molecule has 1 saturated carbocycles. The molecule has 2 N–H and O–H groups in total. The zero-order chi connectivity index (χ0) is 13.5. The summed E-state index contributed by atoms with van der Waals surface area (Å²) in [6.45, 7) is 3.84. The molecule has 2 fully saturated rings. The quantitative estimate of drug-likeness (QED) is 0.791. The molecule has 4 nitrogen and oxygen atoms in total. The fourth-order valence-electron chi connectivity index (χ4n) is 3.35. The summed E-state index contributed by atoms with van der Waals surface area (Å²) in [5.41, 5.74) is 0. The number of nitrogens with zero attached hydrogens (tertiary/aromatic N) is 1. The largest absolute Gasteiger partial charge is 0.352 e. The van der Waals surface area contributed by atoms with Crippen molar-refractivity contribution in [1.82, 2.24) is 15.5 Å². The highest BCUT2D eigenvalue weighted by atomic mass is 16.2. The molecule has 110 valence electrons. The van der Waals surface area contributed by atoms with E-state index in [1.807, 2.05) is 0 Å². The SMILES string of the molecule is CN(CC(=O)NC1CCCCC1)CC1CCCNC1. The van der Waals surface area contributed by atoms with Crippen molar-refractivity contribution in [3.05, 3.63) is 0 Å². The van der Waals surface area contributed by atoms with Crippen LogP contribution in [0.5, 0.6) is 0 Å². The highest BCUT2D eigenvalue weighted by Gasteiger charge is 2.19. The van der Waals surface area contributed by atoms with Crippen LogP contribution in [0.3, 0.4) is 0 Å². The molecule has 0 aromatic carbocycles. The number of hydrogen-bond acceptors (Lipinski definition) is 3. The first-order valence-corrected chi connectivity index (χ1v) is 7.92. The van der Waals surface area contributed by atoms with Gasteiger partial charge in [-0.1, -0.05) is 19.3 Å². The minimum absolute atomic E-state index is 0.207. The Kier molecular flexibility index (Phi) is 6.11. The Bertz CT molecular complexity index is 271. The van der Waals surface area contributed by atoms with Crippen LogP contribution in [0.2, 0.25) is 0 Å². The number of likely N-dealkylation sites (N-methyl/N-ethyl adjacent to an activating group) is 1. The summed E-state index contributed by atoms with van der Waals surface area (Å²) in [5.74, 6) is 0.916. The molecule has 19 heavy (non-hydrogen) atoms. The molecule has 0 aromatic rings. The maximum absolute atomic E-state index is 12.0. The smallest absolute Gasteiger partial charge is 0.234 e. The topological polar surface area (TPSA) is 44.4 Å². The lowest BCUT2D eigenvalue weighted by molar-refractivity contribution is -0.123. The lowest BCUT2D eigenvalue weighted by Gasteiger charge is -2.28. The molecule has 1 amide bonds. The molecular formula is C15H29N3O. The van der Waals surface area contributed by atoms with Gasteiger partial charge in [-0.2, -0.15) is 0 Å². The third-order valence-electron chi connectivity index (χ3n) is 4.35. The lowest BCUT2D eigenvalue weighted by Crippen LogP contribution is -2.44. The van der Waals surface area contributed by atoms with Gasteiger partial charge in [0.25, 0.3) is 0 Å². The second-order valence-corrected chi connectivity index (χ2v) is 6.31. The van der Waals surface area contributed by atoms with Crippen molar-refractivity contribution < 1.29 is 4.79 Å². The van der Waals surface area contributed by atoms with Crippen molar-refractivity contribution >= 4 is 5.91 Å². The Morgan fingerprint density at radius 2 is 2.00 bits per heavy atom. The standard InChI is InChI=1S/C15H29N3O/c1-18(11-13-6-5-9-16-10-13)12-15(19)17-14-7-3-2-4-8-14/h13-14,16H,2-12H2,1H3,(H,17,19). The molecule has 0 radical (unpaired) electrons. The van der Waals surface area contributed by atoms with E-state index in [0.29, 0.717) is 18.5 Å². The monoisotopic (exact) mass is 267 g/mol. The van der Waals surface area contributed by atoms with Crippen LogP contribution < -0.4 is 10.6 Å². The second-order valence-electron chi connectivity index (χ2n) is 6.31. The zero-order valence-electron chi connectivity index (χ0n) is 12.3. The zero-order valence-corrected chi connectivity index (χ0v) is 12.3. The van der Waals surface area contributed by atoms with Crippen LogP contribution in [0.25, 0.3) is 0 Å². The molecule has 0 aromatic heterocycles. The van der Waals surface area contributed by atoms with E-state index in [4.69, 9.17) is 0 Å². The van der Waals surface area contributed by atoms with Crippen LogP contribution in [0.4, 0.5) is 0 Å². The molecule has 1 aliphatic heterocycles. The van der Waals surface area contributed by atoms with E-state index in [0.717, 1.165) is 19.6 Å². The van der Waals surface area contributed by atoms with Gasteiger partial charge in [0.05, 0.1) is 6.54 Å². The summed E-state index contributed by atoms with van der Waals surface area (Å²) < 4.78 is 0. The number of carbonyl (C=O) groups excluding carboxylic acids is 1. The van der Waals surface area contributed by atoms with Crippen molar-refractivity contribution in [3.8, 4) is 0 Å². The average Bonchev–Trinajstić information content (AvgIpc) is 2.40. The third-order valence-corrected chi connectivity index (χ3v) is 4.35. The summed E-state index contributed by atoms with van der Waals surface area (Å²) in [6.07, 6.45) is 8.78. The van der Waals surface area contributed by atoms with Gasteiger partial charge in [-0.05, 0) is 51.7 Å². The van der Waals surface area contributed by atoms with Gasteiger partial charge in [0.2, 0.25) is 5.91 Å². The second kappa shape index (κ2) is 7.85. The Labute approximate surface area is 117 Å². The van der Waals surface area contributed by atoms with Crippen molar-refractivity contribution in [3.63, 3.8) is 0 Å². The van der Waals surface area contributed by atoms with Crippen molar-refractivity contribution in [2.24, 2.45) is 5.92 Å². The molecule has 1 saturated heterocycles. The molecular weight excluding hydrogens is 238 g/mol. The normalized spacial score (nSPS) is 25.5. The summed E-state index contributed by atoms with van der Waals surface area (Å²) in [6, 6.07) is 0.436. The number of hydrogen-bond donors (Lipinski definition) is 2. The van der Waals surface area contributed by atoms with Gasteiger partial charge in [0, 0.05) is 12.6 Å². The van der Waals surface area contributed by atoms with Gasteiger partial charge >= 0.3 is 0 Å². The number of piperidine rings is 1. The van der Waals surface area contributed by atoms with E-state index in [1.165, 1.54) is 44.9 Å². The molecule has 2 rings (SSSR count). The Morgan fingerprint density at radius 3 is 2.68 bits per heavy atom. The number of nitrogens with one attached hydrogen (secondary N) is 2. The molecule has 1 atom stereocenters. The van der Waals surface area contributed by atoms with E-state index < -0.39 is 0 Å². The van der Waals surface area contributed by atoms with Gasteiger partial charge in [0.15, 0.2) is 0 Å². The maximum Gasteiger partial charge on any atom is 0.234 e. The third kappa shape index (κ3) is 5.49. The molecule has 2 aliphatic rings. The van der Waals surface area contributed by atoms with Crippen LogP contribution in [0, 0.1) is 5.92 Å². The van der Waals surface area contributed by atoms with E-state index in [9.17, 15) is 4.79 Å². The minimum atomic E-state index is 0.207. The van der Waals surface area contributed by atoms with Crippen LogP contribution in [0.15, 0.2) is 0 Å². The highest BCUT2D eigenvalue weighted by Crippen LogP contribution is 2.17. The summed E-state index contributed by atoms with van der Waals surface area (Å²) in [5, 5.41) is 6.62. The first-order valence-electron chi connectivity index (χ1n) is 7.92. The maximum atomic E-state index is 12.0.